The highest BCUT2D eigenvalue weighted by atomic mass is 16.5. The monoisotopic (exact) mass is 235 g/mol. The van der Waals surface area contributed by atoms with Crippen LogP contribution in [0, 0.1) is 17.2 Å². The Morgan fingerprint density at radius 2 is 2.35 bits per heavy atom. The van der Waals surface area contributed by atoms with Crippen molar-refractivity contribution < 1.29 is 9.26 Å². The van der Waals surface area contributed by atoms with Crippen molar-refractivity contribution in [2.75, 3.05) is 6.61 Å². The van der Waals surface area contributed by atoms with Crippen LogP contribution in [-0.2, 0) is 10.3 Å². The summed E-state index contributed by atoms with van der Waals surface area (Å²) in [4.78, 5) is 4.38. The molecule has 3 unspecified atom stereocenters. The molecule has 92 valence electrons. The van der Waals surface area contributed by atoms with E-state index in [1.807, 2.05) is 20.8 Å². The van der Waals surface area contributed by atoms with Crippen LogP contribution < -0.4 is 0 Å². The van der Waals surface area contributed by atoms with Gasteiger partial charge in [-0.2, -0.15) is 10.2 Å². The van der Waals surface area contributed by atoms with E-state index in [2.05, 4.69) is 16.2 Å². The van der Waals surface area contributed by atoms with Gasteiger partial charge in [0.05, 0.1) is 17.9 Å². The number of rotatable bonds is 5. The van der Waals surface area contributed by atoms with Gasteiger partial charge in [0.15, 0.2) is 0 Å². The molecule has 17 heavy (non-hydrogen) atoms. The van der Waals surface area contributed by atoms with E-state index in [1.165, 1.54) is 0 Å². The summed E-state index contributed by atoms with van der Waals surface area (Å²) in [7, 11) is 0. The van der Waals surface area contributed by atoms with Gasteiger partial charge in [-0.15, -0.1) is 0 Å². The van der Waals surface area contributed by atoms with Gasteiger partial charge in [0.1, 0.15) is 5.60 Å². The summed E-state index contributed by atoms with van der Waals surface area (Å²) in [6.45, 7) is 6.54. The molecule has 0 saturated heterocycles. The quantitative estimate of drug-likeness (QED) is 0.783. The van der Waals surface area contributed by atoms with Crippen LogP contribution in [-0.4, -0.2) is 16.7 Å². The Labute approximate surface area is 101 Å². The molecule has 1 fully saturated rings. The van der Waals surface area contributed by atoms with E-state index in [-0.39, 0.29) is 11.8 Å². The van der Waals surface area contributed by atoms with Crippen molar-refractivity contribution in [3.05, 3.63) is 11.7 Å². The van der Waals surface area contributed by atoms with Gasteiger partial charge in [-0.1, -0.05) is 12.1 Å². The van der Waals surface area contributed by atoms with Crippen LogP contribution >= 0.6 is 0 Å². The molecule has 1 aliphatic rings. The van der Waals surface area contributed by atoms with Gasteiger partial charge in [-0.05, 0) is 26.7 Å². The number of hydrogen-bond donors (Lipinski definition) is 0. The lowest BCUT2D eigenvalue weighted by Crippen LogP contribution is -2.26. The van der Waals surface area contributed by atoms with E-state index in [9.17, 15) is 0 Å². The second kappa shape index (κ2) is 4.46. The Hall–Kier alpha value is -1.41. The summed E-state index contributed by atoms with van der Waals surface area (Å²) in [5.41, 5.74) is -0.493. The minimum Gasteiger partial charge on any atom is -0.367 e. The fraction of sp³-hybridized carbons (Fsp3) is 0.750. The third-order valence-electron chi connectivity index (χ3n) is 3.33. The van der Waals surface area contributed by atoms with Crippen molar-refractivity contribution in [1.82, 2.24) is 10.1 Å². The SMILES string of the molecule is CCOC(C)(CC)c1noc(C2CC2C#N)n1. The second-order valence-electron chi connectivity index (χ2n) is 4.55. The van der Waals surface area contributed by atoms with E-state index in [1.54, 1.807) is 0 Å². The van der Waals surface area contributed by atoms with Crippen molar-refractivity contribution in [3.63, 3.8) is 0 Å². The van der Waals surface area contributed by atoms with Gasteiger partial charge in [-0.25, -0.2) is 0 Å². The highest BCUT2D eigenvalue weighted by Gasteiger charge is 2.44. The Morgan fingerprint density at radius 3 is 2.88 bits per heavy atom. The second-order valence-corrected chi connectivity index (χ2v) is 4.55. The highest BCUT2D eigenvalue weighted by molar-refractivity contribution is 5.16. The largest absolute Gasteiger partial charge is 0.367 e. The van der Waals surface area contributed by atoms with Gasteiger partial charge in [0.25, 0.3) is 0 Å². The van der Waals surface area contributed by atoms with E-state index in [0.717, 1.165) is 12.8 Å². The summed E-state index contributed by atoms with van der Waals surface area (Å²) < 4.78 is 10.9. The average Bonchev–Trinajstić information content (AvgIpc) is 2.96. The van der Waals surface area contributed by atoms with Crippen LogP contribution in [0.3, 0.4) is 0 Å². The van der Waals surface area contributed by atoms with Crippen molar-refractivity contribution >= 4 is 0 Å². The van der Waals surface area contributed by atoms with Gasteiger partial charge in [0, 0.05) is 6.61 Å². The molecule has 5 heteroatoms. The minimum atomic E-state index is -0.493. The van der Waals surface area contributed by atoms with Gasteiger partial charge >= 0.3 is 0 Å². The summed E-state index contributed by atoms with van der Waals surface area (Å²) in [5.74, 6) is 1.33. The van der Waals surface area contributed by atoms with Crippen LogP contribution in [0.15, 0.2) is 4.52 Å². The van der Waals surface area contributed by atoms with Gasteiger partial charge in [0.2, 0.25) is 11.7 Å². The lowest BCUT2D eigenvalue weighted by molar-refractivity contribution is -0.0403. The molecule has 1 heterocycles. The fourth-order valence-electron chi connectivity index (χ4n) is 1.85. The zero-order valence-electron chi connectivity index (χ0n) is 10.4. The number of ether oxygens (including phenoxy) is 1. The predicted molar refractivity (Wildman–Crippen MR) is 60.0 cm³/mol. The normalized spacial score (nSPS) is 26.2. The molecule has 0 aromatic carbocycles. The first kappa shape index (κ1) is 12.1. The molecule has 1 aromatic rings. The molecule has 0 N–H and O–H groups in total. The molecule has 1 aliphatic carbocycles. The summed E-state index contributed by atoms with van der Waals surface area (Å²) in [5, 5.41) is 12.8. The molecular weight excluding hydrogens is 218 g/mol. The van der Waals surface area contributed by atoms with Crippen molar-refractivity contribution in [2.24, 2.45) is 5.92 Å². The van der Waals surface area contributed by atoms with E-state index < -0.39 is 5.60 Å². The standard InChI is InChI=1S/C12H17N3O2/c1-4-12(3,16-5-2)11-14-10(17-15-11)9-6-8(9)7-13/h8-9H,4-6H2,1-3H3. The lowest BCUT2D eigenvalue weighted by Gasteiger charge is -2.23. The third-order valence-corrected chi connectivity index (χ3v) is 3.33. The lowest BCUT2D eigenvalue weighted by atomic mass is 10.0. The van der Waals surface area contributed by atoms with E-state index in [0.29, 0.717) is 18.3 Å². The minimum absolute atomic E-state index is 0.0447. The Morgan fingerprint density at radius 1 is 1.59 bits per heavy atom. The van der Waals surface area contributed by atoms with Crippen molar-refractivity contribution in [2.45, 2.75) is 45.1 Å². The van der Waals surface area contributed by atoms with Crippen LogP contribution in [0.1, 0.15) is 51.2 Å². The Kier molecular flexibility index (Phi) is 3.16. The van der Waals surface area contributed by atoms with Crippen LogP contribution in [0.25, 0.3) is 0 Å². The molecule has 1 aromatic heterocycles. The van der Waals surface area contributed by atoms with Crippen LogP contribution in [0.2, 0.25) is 0 Å². The molecule has 0 aliphatic heterocycles. The molecule has 1 saturated carbocycles. The first-order valence-electron chi connectivity index (χ1n) is 6.02. The number of aromatic nitrogens is 2. The predicted octanol–water partition coefficient (Wildman–Crippen LogP) is 2.36. The summed E-state index contributed by atoms with van der Waals surface area (Å²) in [6, 6.07) is 2.22. The topological polar surface area (TPSA) is 71.9 Å². The first-order chi connectivity index (χ1) is 8.14. The highest BCUT2D eigenvalue weighted by Crippen LogP contribution is 2.46. The molecule has 3 atom stereocenters. The zero-order valence-corrected chi connectivity index (χ0v) is 10.4. The van der Waals surface area contributed by atoms with Crippen LogP contribution in [0.5, 0.6) is 0 Å². The molecule has 0 bridgehead atoms. The maximum absolute atomic E-state index is 8.77. The zero-order chi connectivity index (χ0) is 12.5. The summed E-state index contributed by atoms with van der Waals surface area (Å²) >= 11 is 0. The third kappa shape index (κ3) is 2.18. The fourth-order valence-corrected chi connectivity index (χ4v) is 1.85. The molecule has 0 spiro atoms. The average molecular weight is 235 g/mol. The van der Waals surface area contributed by atoms with Gasteiger partial charge in [-0.3, -0.25) is 0 Å². The summed E-state index contributed by atoms with van der Waals surface area (Å²) in [6.07, 6.45) is 1.61. The van der Waals surface area contributed by atoms with Crippen LogP contribution in [0.4, 0.5) is 0 Å². The Balaban J connectivity index is 2.15. The smallest absolute Gasteiger partial charge is 0.231 e. The molecule has 2 rings (SSSR count). The molecule has 0 amide bonds. The molecule has 5 nitrogen and oxygen atoms in total. The maximum atomic E-state index is 8.77. The Bertz CT molecular complexity index is 437. The number of nitriles is 1. The number of hydrogen-bond acceptors (Lipinski definition) is 5. The van der Waals surface area contributed by atoms with Crippen molar-refractivity contribution in [3.8, 4) is 6.07 Å². The number of nitrogens with zero attached hydrogens (tertiary/aromatic N) is 3. The molecule has 0 radical (unpaired) electrons. The molecular formula is C12H17N3O2. The maximum Gasteiger partial charge on any atom is 0.231 e. The first-order valence-corrected chi connectivity index (χ1v) is 6.02. The van der Waals surface area contributed by atoms with Crippen molar-refractivity contribution in [1.29, 1.82) is 5.26 Å². The van der Waals surface area contributed by atoms with Gasteiger partial charge < -0.3 is 9.26 Å². The van der Waals surface area contributed by atoms with E-state index >= 15 is 0 Å². The van der Waals surface area contributed by atoms with E-state index in [4.69, 9.17) is 14.5 Å².